The number of fused-ring (bicyclic) bond motifs is 2. The number of aromatic hydroxyl groups is 1. The molecule has 5 N–H and O–H groups in total. The zero-order valence-corrected chi connectivity index (χ0v) is 14.6. The normalized spacial score (nSPS) is 27.2. The maximum absolute atomic E-state index is 12.7. The van der Waals surface area contributed by atoms with Crippen LogP contribution in [0.15, 0.2) is 45.6 Å². The molecule has 2 heterocycles. The minimum Gasteiger partial charge on any atom is -0.507 e. The number of phenols is 1. The van der Waals surface area contributed by atoms with Crippen LogP contribution in [0.2, 0.25) is 0 Å². The number of benzene rings is 2. The van der Waals surface area contributed by atoms with Crippen LogP contribution >= 0.6 is 0 Å². The Labute approximate surface area is 161 Å². The summed E-state index contributed by atoms with van der Waals surface area (Å²) < 4.78 is 16.1. The van der Waals surface area contributed by atoms with Crippen LogP contribution in [0.1, 0.15) is 0 Å². The number of hydrogen-bond donors (Lipinski definition) is 5. The van der Waals surface area contributed by atoms with Gasteiger partial charge in [0.2, 0.25) is 11.7 Å². The number of carbonyl (C=O) groups is 1. The zero-order chi connectivity index (χ0) is 20.9. The third-order valence-electron chi connectivity index (χ3n) is 4.71. The van der Waals surface area contributed by atoms with E-state index in [1.807, 2.05) is 0 Å². The Bertz CT molecular complexity index is 1150. The van der Waals surface area contributed by atoms with Gasteiger partial charge in [0.05, 0.1) is 5.39 Å². The highest BCUT2D eigenvalue weighted by molar-refractivity contribution is 5.93. The topological polar surface area (TPSA) is 167 Å². The van der Waals surface area contributed by atoms with Crippen molar-refractivity contribution < 1.29 is 44.2 Å². The van der Waals surface area contributed by atoms with Gasteiger partial charge in [0.1, 0.15) is 46.4 Å². The van der Waals surface area contributed by atoms with Crippen molar-refractivity contribution in [1.29, 1.82) is 0 Å². The number of aliphatic carboxylic acids is 1. The minimum atomic E-state index is -1.85. The average Bonchev–Trinajstić information content (AvgIpc) is 2.68. The SMILES string of the molecule is O=C(O)[C@H]1OC(Oc2ccc3oc4cccc(O)c4c(=O)c3c2)[C@@H](O)[C@H](O)[C@H]1O. The third-order valence-corrected chi connectivity index (χ3v) is 4.71. The van der Waals surface area contributed by atoms with Gasteiger partial charge >= 0.3 is 5.97 Å². The van der Waals surface area contributed by atoms with Gasteiger partial charge in [0.15, 0.2) is 6.10 Å². The first-order valence-electron chi connectivity index (χ1n) is 8.55. The molecule has 0 radical (unpaired) electrons. The summed E-state index contributed by atoms with van der Waals surface area (Å²) in [6, 6.07) is 8.50. The molecular formula is C19H16O10. The fraction of sp³-hybridized carbons (Fsp3) is 0.263. The lowest BCUT2D eigenvalue weighted by Gasteiger charge is -2.38. The number of rotatable bonds is 3. The van der Waals surface area contributed by atoms with Gasteiger partial charge in [0.25, 0.3) is 0 Å². The van der Waals surface area contributed by atoms with Gasteiger partial charge in [-0.1, -0.05) is 6.07 Å². The van der Waals surface area contributed by atoms with Crippen molar-refractivity contribution >= 4 is 27.9 Å². The molecule has 0 amide bonds. The van der Waals surface area contributed by atoms with E-state index in [4.69, 9.17) is 19.0 Å². The standard InChI is InChI=1S/C19H16O10/c20-9-2-1-3-11-12(9)13(21)8-6-7(4-5-10(8)28-11)27-19-16(24)14(22)15(23)17(29-19)18(25)26/h1-6,14-17,19-20,22-24H,(H,25,26)/t14-,15-,16+,17+,19?/m1/s1. The summed E-state index contributed by atoms with van der Waals surface area (Å²) in [4.78, 5) is 23.9. The highest BCUT2D eigenvalue weighted by Crippen LogP contribution is 2.29. The van der Waals surface area contributed by atoms with E-state index in [9.17, 15) is 30.0 Å². The van der Waals surface area contributed by atoms with E-state index < -0.39 is 42.1 Å². The van der Waals surface area contributed by atoms with Crippen LogP contribution in [0.4, 0.5) is 0 Å². The first-order chi connectivity index (χ1) is 13.8. The van der Waals surface area contributed by atoms with Gasteiger partial charge in [-0.05, 0) is 30.3 Å². The summed E-state index contributed by atoms with van der Waals surface area (Å²) >= 11 is 0. The molecule has 1 aromatic heterocycles. The summed E-state index contributed by atoms with van der Waals surface area (Å²) in [5.74, 6) is -1.79. The summed E-state index contributed by atoms with van der Waals surface area (Å²) in [6.45, 7) is 0. The fourth-order valence-corrected chi connectivity index (χ4v) is 3.22. The van der Waals surface area contributed by atoms with Crippen LogP contribution in [0.5, 0.6) is 11.5 Å². The maximum Gasteiger partial charge on any atom is 0.335 e. The third kappa shape index (κ3) is 3.17. The molecular weight excluding hydrogens is 388 g/mol. The number of hydrogen-bond acceptors (Lipinski definition) is 9. The molecule has 0 saturated carbocycles. The molecule has 10 nitrogen and oxygen atoms in total. The van der Waals surface area contributed by atoms with Crippen LogP contribution < -0.4 is 10.2 Å². The van der Waals surface area contributed by atoms with Crippen LogP contribution in [0, 0.1) is 0 Å². The number of carboxylic acid groups (broad SMARTS) is 1. The summed E-state index contributed by atoms with van der Waals surface area (Å²) in [6.07, 6.45) is -8.84. The summed E-state index contributed by atoms with van der Waals surface area (Å²) in [7, 11) is 0. The Hall–Kier alpha value is -3.18. The highest BCUT2D eigenvalue weighted by atomic mass is 16.7. The molecule has 0 aliphatic carbocycles. The molecule has 10 heteroatoms. The lowest BCUT2D eigenvalue weighted by Crippen LogP contribution is -2.61. The molecule has 29 heavy (non-hydrogen) atoms. The van der Waals surface area contributed by atoms with Gasteiger partial charge < -0.3 is 39.4 Å². The first kappa shape index (κ1) is 19.2. The van der Waals surface area contributed by atoms with Crippen molar-refractivity contribution in [3.05, 3.63) is 46.6 Å². The van der Waals surface area contributed by atoms with E-state index in [0.29, 0.717) is 0 Å². The molecule has 0 bridgehead atoms. The molecule has 5 atom stereocenters. The maximum atomic E-state index is 12.7. The molecule has 1 aliphatic heterocycles. The monoisotopic (exact) mass is 404 g/mol. The largest absolute Gasteiger partial charge is 0.507 e. The van der Waals surface area contributed by atoms with Crippen LogP contribution in [0.25, 0.3) is 21.9 Å². The second-order valence-corrected chi connectivity index (χ2v) is 6.59. The second kappa shape index (κ2) is 7.01. The summed E-state index contributed by atoms with van der Waals surface area (Å²) in [5, 5.41) is 48.7. The minimum absolute atomic E-state index is 0.0105. The average molecular weight is 404 g/mol. The molecule has 152 valence electrons. The van der Waals surface area contributed by atoms with Gasteiger partial charge in [-0.15, -0.1) is 0 Å². The number of ether oxygens (including phenoxy) is 2. The molecule has 4 rings (SSSR count). The summed E-state index contributed by atoms with van der Waals surface area (Å²) in [5.41, 5.74) is -0.109. The predicted molar refractivity (Wildman–Crippen MR) is 96.6 cm³/mol. The zero-order valence-electron chi connectivity index (χ0n) is 14.6. The molecule has 1 aliphatic rings. The number of aliphatic hydroxyl groups is 3. The second-order valence-electron chi connectivity index (χ2n) is 6.59. The van der Waals surface area contributed by atoms with E-state index in [-0.39, 0.29) is 33.4 Å². The highest BCUT2D eigenvalue weighted by Gasteiger charge is 2.48. The van der Waals surface area contributed by atoms with Gasteiger partial charge in [-0.25, -0.2) is 4.79 Å². The van der Waals surface area contributed by atoms with E-state index in [0.717, 1.165) is 0 Å². The van der Waals surface area contributed by atoms with Crippen molar-refractivity contribution in [3.8, 4) is 11.5 Å². The molecule has 1 saturated heterocycles. The molecule has 1 fully saturated rings. The number of aliphatic hydroxyl groups excluding tert-OH is 3. The quantitative estimate of drug-likeness (QED) is 0.373. The van der Waals surface area contributed by atoms with E-state index >= 15 is 0 Å². The lowest BCUT2D eigenvalue weighted by molar-refractivity contribution is -0.271. The Balaban J connectivity index is 1.72. The number of carboxylic acids is 1. The van der Waals surface area contributed by atoms with Gasteiger partial charge in [-0.3, -0.25) is 4.79 Å². The molecule has 2 aromatic carbocycles. The van der Waals surface area contributed by atoms with Gasteiger partial charge in [-0.2, -0.15) is 0 Å². The molecule has 3 aromatic rings. The van der Waals surface area contributed by atoms with E-state index in [1.165, 1.54) is 36.4 Å². The Morgan fingerprint density at radius 2 is 1.76 bits per heavy atom. The lowest BCUT2D eigenvalue weighted by atomic mass is 9.99. The van der Waals surface area contributed by atoms with Gasteiger partial charge in [0, 0.05) is 0 Å². The molecule has 1 unspecified atom stereocenters. The first-order valence-corrected chi connectivity index (χ1v) is 8.55. The van der Waals surface area contributed by atoms with Crippen LogP contribution in [-0.2, 0) is 9.53 Å². The predicted octanol–water partition coefficient (Wildman–Crippen LogP) is -0.0772. The van der Waals surface area contributed by atoms with E-state index in [2.05, 4.69) is 0 Å². The number of phenolic OH excluding ortho intramolecular Hbond substituents is 1. The molecule has 0 spiro atoms. The fourth-order valence-electron chi connectivity index (χ4n) is 3.22. The Morgan fingerprint density at radius 3 is 2.48 bits per heavy atom. The Morgan fingerprint density at radius 1 is 1.00 bits per heavy atom. The van der Waals surface area contributed by atoms with Crippen molar-refractivity contribution in [2.45, 2.75) is 30.7 Å². The van der Waals surface area contributed by atoms with Crippen molar-refractivity contribution in [2.24, 2.45) is 0 Å². The van der Waals surface area contributed by atoms with Crippen LogP contribution in [-0.4, -0.2) is 62.2 Å². The van der Waals surface area contributed by atoms with Crippen molar-refractivity contribution in [3.63, 3.8) is 0 Å². The smallest absolute Gasteiger partial charge is 0.335 e. The Kier molecular flexibility index (Phi) is 4.63. The van der Waals surface area contributed by atoms with Crippen LogP contribution in [0.3, 0.4) is 0 Å². The van der Waals surface area contributed by atoms with Crippen molar-refractivity contribution in [1.82, 2.24) is 0 Å². The van der Waals surface area contributed by atoms with E-state index in [1.54, 1.807) is 0 Å². The van der Waals surface area contributed by atoms with Crippen molar-refractivity contribution in [2.75, 3.05) is 0 Å².